The number of hydrogen-bond donors (Lipinski definition) is 0. The SMILES string of the molecule is Cc1ccc2oc3c(-c4ccccn4)c(C)cc(C)c3c2c1. The zero-order chi connectivity index (χ0) is 15.3. The van der Waals surface area contributed by atoms with E-state index in [1.807, 2.05) is 24.4 Å². The predicted molar refractivity (Wildman–Crippen MR) is 91.2 cm³/mol. The topological polar surface area (TPSA) is 26.0 Å². The molecule has 4 rings (SSSR count). The maximum absolute atomic E-state index is 6.21. The lowest BCUT2D eigenvalue weighted by atomic mass is 9.97. The minimum Gasteiger partial charge on any atom is -0.455 e. The highest BCUT2D eigenvalue weighted by Crippen LogP contribution is 2.39. The molecule has 0 amide bonds. The molecular formula is C20H17NO. The van der Waals surface area contributed by atoms with E-state index >= 15 is 0 Å². The molecular weight excluding hydrogens is 270 g/mol. The standard InChI is InChI=1S/C20H17NO/c1-12-7-8-17-15(10-12)18-13(2)11-14(3)19(20(18)22-17)16-6-4-5-9-21-16/h4-11H,1-3H3. The van der Waals surface area contributed by atoms with E-state index in [0.717, 1.165) is 22.4 Å². The van der Waals surface area contributed by atoms with Crippen molar-refractivity contribution in [3.8, 4) is 11.3 Å². The van der Waals surface area contributed by atoms with E-state index in [0.29, 0.717) is 0 Å². The lowest BCUT2D eigenvalue weighted by Crippen LogP contribution is -1.89. The van der Waals surface area contributed by atoms with Crippen molar-refractivity contribution in [2.75, 3.05) is 0 Å². The molecule has 0 aliphatic heterocycles. The van der Waals surface area contributed by atoms with Gasteiger partial charge in [-0.05, 0) is 56.2 Å². The lowest BCUT2D eigenvalue weighted by molar-refractivity contribution is 0.669. The molecule has 0 unspecified atom stereocenters. The van der Waals surface area contributed by atoms with Crippen LogP contribution in [0.5, 0.6) is 0 Å². The molecule has 2 aromatic carbocycles. The summed E-state index contributed by atoms with van der Waals surface area (Å²) in [5, 5.41) is 2.38. The summed E-state index contributed by atoms with van der Waals surface area (Å²) in [4.78, 5) is 4.52. The Kier molecular flexibility index (Phi) is 2.80. The Labute approximate surface area is 129 Å². The van der Waals surface area contributed by atoms with Gasteiger partial charge in [0.05, 0.1) is 5.69 Å². The Morgan fingerprint density at radius 2 is 1.77 bits per heavy atom. The summed E-state index contributed by atoms with van der Waals surface area (Å²) in [6.45, 7) is 6.38. The Morgan fingerprint density at radius 1 is 0.909 bits per heavy atom. The van der Waals surface area contributed by atoms with Gasteiger partial charge in [0.1, 0.15) is 11.2 Å². The first-order valence-electron chi connectivity index (χ1n) is 7.49. The first-order valence-corrected chi connectivity index (χ1v) is 7.49. The van der Waals surface area contributed by atoms with Crippen molar-refractivity contribution in [1.82, 2.24) is 4.98 Å². The highest BCUT2D eigenvalue weighted by molar-refractivity contribution is 6.11. The molecule has 0 atom stereocenters. The van der Waals surface area contributed by atoms with Crippen LogP contribution >= 0.6 is 0 Å². The molecule has 0 aliphatic carbocycles. The fourth-order valence-electron chi connectivity index (χ4n) is 3.26. The van der Waals surface area contributed by atoms with Gasteiger partial charge in [0.25, 0.3) is 0 Å². The molecule has 0 fully saturated rings. The molecule has 0 saturated carbocycles. The largest absolute Gasteiger partial charge is 0.455 e. The predicted octanol–water partition coefficient (Wildman–Crippen LogP) is 5.57. The van der Waals surface area contributed by atoms with E-state index < -0.39 is 0 Å². The summed E-state index contributed by atoms with van der Waals surface area (Å²) in [6.07, 6.45) is 1.83. The first kappa shape index (κ1) is 13.1. The number of pyridine rings is 1. The van der Waals surface area contributed by atoms with Crippen LogP contribution in [0.25, 0.3) is 33.2 Å². The number of benzene rings is 2. The Hall–Kier alpha value is -2.61. The van der Waals surface area contributed by atoms with Crippen molar-refractivity contribution in [2.45, 2.75) is 20.8 Å². The van der Waals surface area contributed by atoms with E-state index in [9.17, 15) is 0 Å². The number of hydrogen-bond acceptors (Lipinski definition) is 2. The number of nitrogens with zero attached hydrogens (tertiary/aromatic N) is 1. The maximum atomic E-state index is 6.21. The molecule has 2 heteroatoms. The Morgan fingerprint density at radius 3 is 2.55 bits per heavy atom. The minimum absolute atomic E-state index is 0.937. The van der Waals surface area contributed by atoms with Crippen molar-refractivity contribution in [1.29, 1.82) is 0 Å². The molecule has 4 aromatic rings. The highest BCUT2D eigenvalue weighted by atomic mass is 16.3. The molecule has 0 aliphatic rings. The van der Waals surface area contributed by atoms with Gasteiger partial charge in [-0.1, -0.05) is 23.8 Å². The van der Waals surface area contributed by atoms with Crippen molar-refractivity contribution in [3.05, 3.63) is 65.4 Å². The summed E-state index contributed by atoms with van der Waals surface area (Å²) < 4.78 is 6.21. The van der Waals surface area contributed by atoms with E-state index in [2.05, 4.69) is 50.0 Å². The van der Waals surface area contributed by atoms with E-state index in [4.69, 9.17) is 4.42 Å². The summed E-state index contributed by atoms with van der Waals surface area (Å²) in [5.74, 6) is 0. The summed E-state index contributed by atoms with van der Waals surface area (Å²) in [7, 11) is 0. The van der Waals surface area contributed by atoms with Crippen LogP contribution in [-0.4, -0.2) is 4.98 Å². The smallest absolute Gasteiger partial charge is 0.145 e. The summed E-state index contributed by atoms with van der Waals surface area (Å²) >= 11 is 0. The molecule has 0 bridgehead atoms. The first-order chi connectivity index (χ1) is 10.6. The number of furan rings is 1. The quantitative estimate of drug-likeness (QED) is 0.457. The van der Waals surface area contributed by atoms with E-state index in [1.165, 1.54) is 27.5 Å². The van der Waals surface area contributed by atoms with E-state index in [1.54, 1.807) is 0 Å². The normalized spacial score (nSPS) is 11.4. The third kappa shape index (κ3) is 1.84. The van der Waals surface area contributed by atoms with Gasteiger partial charge in [-0.25, -0.2) is 0 Å². The fraction of sp³-hybridized carbons (Fsp3) is 0.150. The number of aromatic nitrogens is 1. The monoisotopic (exact) mass is 287 g/mol. The third-order valence-electron chi connectivity index (χ3n) is 4.21. The fourth-order valence-corrected chi connectivity index (χ4v) is 3.26. The van der Waals surface area contributed by atoms with Crippen LogP contribution in [-0.2, 0) is 0 Å². The zero-order valence-corrected chi connectivity index (χ0v) is 13.0. The zero-order valence-electron chi connectivity index (χ0n) is 13.0. The van der Waals surface area contributed by atoms with Gasteiger partial charge >= 0.3 is 0 Å². The molecule has 22 heavy (non-hydrogen) atoms. The van der Waals surface area contributed by atoms with Crippen LogP contribution in [0.4, 0.5) is 0 Å². The molecule has 0 radical (unpaired) electrons. The van der Waals surface area contributed by atoms with Gasteiger partial charge in [-0.2, -0.15) is 0 Å². The van der Waals surface area contributed by atoms with Gasteiger partial charge < -0.3 is 4.42 Å². The summed E-state index contributed by atoms with van der Waals surface area (Å²) in [5.41, 5.74) is 7.62. The molecule has 2 nitrogen and oxygen atoms in total. The van der Waals surface area contributed by atoms with Gasteiger partial charge in [0.2, 0.25) is 0 Å². The number of aryl methyl sites for hydroxylation is 3. The van der Waals surface area contributed by atoms with E-state index in [-0.39, 0.29) is 0 Å². The second-order valence-corrected chi connectivity index (χ2v) is 5.91. The van der Waals surface area contributed by atoms with Crippen molar-refractivity contribution in [2.24, 2.45) is 0 Å². The maximum Gasteiger partial charge on any atom is 0.145 e. The second-order valence-electron chi connectivity index (χ2n) is 5.91. The highest BCUT2D eigenvalue weighted by Gasteiger charge is 2.17. The van der Waals surface area contributed by atoms with Crippen molar-refractivity contribution >= 4 is 21.9 Å². The van der Waals surface area contributed by atoms with Crippen LogP contribution in [0.1, 0.15) is 16.7 Å². The molecule has 0 N–H and O–H groups in total. The van der Waals surface area contributed by atoms with Crippen molar-refractivity contribution < 1.29 is 4.42 Å². The molecule has 0 spiro atoms. The molecule has 108 valence electrons. The lowest BCUT2D eigenvalue weighted by Gasteiger charge is -2.08. The van der Waals surface area contributed by atoms with Gasteiger partial charge in [0.15, 0.2) is 0 Å². The number of fused-ring (bicyclic) bond motifs is 3. The van der Waals surface area contributed by atoms with Crippen LogP contribution in [0, 0.1) is 20.8 Å². The second kappa shape index (κ2) is 4.70. The molecule has 2 aromatic heterocycles. The Balaban J connectivity index is 2.20. The van der Waals surface area contributed by atoms with Crippen LogP contribution in [0.15, 0.2) is 53.1 Å². The van der Waals surface area contributed by atoms with Gasteiger partial charge in [-0.15, -0.1) is 0 Å². The van der Waals surface area contributed by atoms with Gasteiger partial charge in [-0.3, -0.25) is 4.98 Å². The minimum atomic E-state index is 0.937. The van der Waals surface area contributed by atoms with Crippen LogP contribution in [0.2, 0.25) is 0 Å². The molecule has 0 saturated heterocycles. The molecule has 2 heterocycles. The van der Waals surface area contributed by atoms with Crippen LogP contribution in [0.3, 0.4) is 0 Å². The average molecular weight is 287 g/mol. The Bertz CT molecular complexity index is 997. The summed E-state index contributed by atoms with van der Waals surface area (Å²) in [6, 6.07) is 14.6. The number of rotatable bonds is 1. The van der Waals surface area contributed by atoms with Gasteiger partial charge in [0, 0.05) is 22.5 Å². The van der Waals surface area contributed by atoms with Crippen LogP contribution < -0.4 is 0 Å². The third-order valence-corrected chi connectivity index (χ3v) is 4.21. The average Bonchev–Trinajstić information content (AvgIpc) is 2.87. The van der Waals surface area contributed by atoms with Crippen molar-refractivity contribution in [3.63, 3.8) is 0 Å².